The van der Waals surface area contributed by atoms with Crippen LogP contribution in [0.15, 0.2) is 78.4 Å². The minimum atomic E-state index is -0.409. The molecule has 0 spiro atoms. The van der Waals surface area contributed by atoms with Crippen molar-refractivity contribution >= 4 is 11.8 Å². The van der Waals surface area contributed by atoms with Gasteiger partial charge in [-0.05, 0) is 35.8 Å². The van der Waals surface area contributed by atoms with Crippen LogP contribution in [0.5, 0.6) is 5.75 Å². The van der Waals surface area contributed by atoms with Crippen LogP contribution in [-0.2, 0) is 27.4 Å². The summed E-state index contributed by atoms with van der Waals surface area (Å²) in [6.07, 6.45) is 5.87. The lowest BCUT2D eigenvalue weighted by Crippen LogP contribution is -2.43. The van der Waals surface area contributed by atoms with E-state index in [-0.39, 0.29) is 24.2 Å². The van der Waals surface area contributed by atoms with Crippen LogP contribution in [0.2, 0.25) is 0 Å². The lowest BCUT2D eigenvalue weighted by molar-refractivity contribution is -0.126. The minimum absolute atomic E-state index is 0.0480. The second-order valence-corrected chi connectivity index (χ2v) is 6.44. The van der Waals surface area contributed by atoms with Gasteiger partial charge in [-0.15, -0.1) is 0 Å². The summed E-state index contributed by atoms with van der Waals surface area (Å²) in [7, 11) is 0. The maximum absolute atomic E-state index is 12.3. The molecule has 6 heteroatoms. The predicted molar refractivity (Wildman–Crippen MR) is 105 cm³/mol. The van der Waals surface area contributed by atoms with Crippen LogP contribution < -0.4 is 10.9 Å². The van der Waals surface area contributed by atoms with Gasteiger partial charge in [-0.25, -0.2) is 0 Å². The van der Waals surface area contributed by atoms with E-state index in [4.69, 9.17) is 4.74 Å². The SMILES string of the molecule is O=C(Cc1cccc(O)c1)NNC(=O)C1=CC(OCc2ccccc2)CC=C1. The van der Waals surface area contributed by atoms with Crippen LogP contribution >= 0.6 is 0 Å². The molecule has 0 radical (unpaired) electrons. The number of hydrogen-bond donors (Lipinski definition) is 3. The number of hydrazine groups is 1. The summed E-state index contributed by atoms with van der Waals surface area (Å²) in [6, 6.07) is 16.2. The van der Waals surface area contributed by atoms with E-state index in [0.29, 0.717) is 24.2 Å². The molecule has 1 aliphatic rings. The fourth-order valence-corrected chi connectivity index (χ4v) is 2.79. The number of phenols is 1. The Balaban J connectivity index is 1.48. The Bertz CT molecular complexity index is 890. The first-order valence-corrected chi connectivity index (χ1v) is 9.01. The molecule has 0 bridgehead atoms. The fourth-order valence-electron chi connectivity index (χ4n) is 2.79. The molecular formula is C22H22N2O4. The number of phenolic OH excluding ortho intramolecular Hbond substituents is 1. The molecule has 0 saturated carbocycles. The van der Waals surface area contributed by atoms with E-state index in [1.54, 1.807) is 24.3 Å². The zero-order chi connectivity index (χ0) is 19.8. The van der Waals surface area contributed by atoms with Crippen molar-refractivity contribution in [1.82, 2.24) is 10.9 Å². The van der Waals surface area contributed by atoms with Crippen molar-refractivity contribution in [1.29, 1.82) is 0 Å². The summed E-state index contributed by atoms with van der Waals surface area (Å²) in [4.78, 5) is 24.3. The van der Waals surface area contributed by atoms with Crippen molar-refractivity contribution in [3.8, 4) is 5.75 Å². The van der Waals surface area contributed by atoms with Gasteiger partial charge in [-0.2, -0.15) is 0 Å². The molecule has 28 heavy (non-hydrogen) atoms. The van der Waals surface area contributed by atoms with Gasteiger partial charge in [0.15, 0.2) is 0 Å². The highest BCUT2D eigenvalue weighted by Gasteiger charge is 2.16. The lowest BCUT2D eigenvalue weighted by Gasteiger charge is -2.17. The van der Waals surface area contributed by atoms with E-state index in [9.17, 15) is 14.7 Å². The zero-order valence-electron chi connectivity index (χ0n) is 15.3. The molecule has 2 aromatic rings. The van der Waals surface area contributed by atoms with Gasteiger partial charge in [0.2, 0.25) is 5.91 Å². The van der Waals surface area contributed by atoms with E-state index in [1.807, 2.05) is 36.4 Å². The summed E-state index contributed by atoms with van der Waals surface area (Å²) in [5.74, 6) is -0.696. The fraction of sp³-hybridized carbons (Fsp3) is 0.182. The minimum Gasteiger partial charge on any atom is -0.508 e. The van der Waals surface area contributed by atoms with Crippen molar-refractivity contribution in [3.63, 3.8) is 0 Å². The number of aromatic hydroxyl groups is 1. The molecule has 3 rings (SSSR count). The van der Waals surface area contributed by atoms with Gasteiger partial charge < -0.3 is 9.84 Å². The molecular weight excluding hydrogens is 356 g/mol. The molecule has 0 fully saturated rings. The number of carbonyl (C=O) groups is 2. The van der Waals surface area contributed by atoms with Crippen molar-refractivity contribution in [2.75, 3.05) is 0 Å². The number of hydrogen-bond acceptors (Lipinski definition) is 4. The average molecular weight is 378 g/mol. The summed E-state index contributed by atoms with van der Waals surface area (Å²) in [5.41, 5.74) is 6.94. The highest BCUT2D eigenvalue weighted by Crippen LogP contribution is 2.16. The van der Waals surface area contributed by atoms with Gasteiger partial charge in [-0.1, -0.05) is 54.6 Å². The maximum atomic E-state index is 12.3. The third-order valence-electron chi connectivity index (χ3n) is 4.19. The van der Waals surface area contributed by atoms with E-state index in [2.05, 4.69) is 10.9 Å². The standard InChI is InChI=1S/C22H22N2O4/c25-19-10-4-8-17(12-19)13-21(26)23-24-22(27)18-9-5-11-20(14-18)28-15-16-6-2-1-3-7-16/h1-10,12,14,20,25H,11,13,15H2,(H,23,26)(H,24,27). The molecule has 144 valence electrons. The lowest BCUT2D eigenvalue weighted by atomic mass is 10.0. The normalized spacial score (nSPS) is 15.6. The Morgan fingerprint density at radius 3 is 2.61 bits per heavy atom. The van der Waals surface area contributed by atoms with Crippen LogP contribution in [0.4, 0.5) is 0 Å². The van der Waals surface area contributed by atoms with Gasteiger partial charge in [0.25, 0.3) is 5.91 Å². The van der Waals surface area contributed by atoms with Crippen molar-refractivity contribution < 1.29 is 19.4 Å². The number of benzene rings is 2. The highest BCUT2D eigenvalue weighted by atomic mass is 16.5. The number of ether oxygens (including phenoxy) is 1. The quantitative estimate of drug-likeness (QED) is 0.674. The van der Waals surface area contributed by atoms with Crippen molar-refractivity contribution in [2.24, 2.45) is 0 Å². The van der Waals surface area contributed by atoms with Crippen LogP contribution in [-0.4, -0.2) is 23.0 Å². The van der Waals surface area contributed by atoms with Crippen LogP contribution in [0.25, 0.3) is 0 Å². The van der Waals surface area contributed by atoms with Crippen LogP contribution in [0, 0.1) is 0 Å². The Kier molecular flexibility index (Phi) is 6.59. The summed E-state index contributed by atoms with van der Waals surface area (Å²) < 4.78 is 5.85. The molecule has 0 heterocycles. The molecule has 2 amide bonds. The van der Waals surface area contributed by atoms with E-state index in [0.717, 1.165) is 5.56 Å². The Labute approximate surface area is 163 Å². The average Bonchev–Trinajstić information content (AvgIpc) is 2.71. The van der Waals surface area contributed by atoms with Crippen molar-refractivity contribution in [2.45, 2.75) is 25.6 Å². The highest BCUT2D eigenvalue weighted by molar-refractivity contribution is 5.97. The van der Waals surface area contributed by atoms with Crippen LogP contribution in [0.3, 0.4) is 0 Å². The number of rotatable bonds is 6. The molecule has 6 nitrogen and oxygen atoms in total. The molecule has 3 N–H and O–H groups in total. The van der Waals surface area contributed by atoms with E-state index >= 15 is 0 Å². The zero-order valence-corrected chi connectivity index (χ0v) is 15.3. The Morgan fingerprint density at radius 2 is 1.82 bits per heavy atom. The van der Waals surface area contributed by atoms with Gasteiger partial charge in [0, 0.05) is 5.57 Å². The molecule has 0 saturated heterocycles. The molecule has 2 aromatic carbocycles. The van der Waals surface area contributed by atoms with Crippen molar-refractivity contribution in [3.05, 3.63) is 89.5 Å². The topological polar surface area (TPSA) is 87.7 Å². The molecule has 0 aromatic heterocycles. The molecule has 1 aliphatic carbocycles. The number of amides is 2. The summed E-state index contributed by atoms with van der Waals surface area (Å²) in [5, 5.41) is 9.43. The van der Waals surface area contributed by atoms with Gasteiger partial charge in [0.05, 0.1) is 19.1 Å². The van der Waals surface area contributed by atoms with E-state index < -0.39 is 5.91 Å². The van der Waals surface area contributed by atoms with Gasteiger partial charge in [0.1, 0.15) is 5.75 Å². The van der Waals surface area contributed by atoms with E-state index in [1.165, 1.54) is 12.1 Å². The second-order valence-electron chi connectivity index (χ2n) is 6.44. The van der Waals surface area contributed by atoms with Gasteiger partial charge in [-0.3, -0.25) is 20.4 Å². The Morgan fingerprint density at radius 1 is 1.04 bits per heavy atom. The first-order valence-electron chi connectivity index (χ1n) is 9.01. The monoisotopic (exact) mass is 378 g/mol. The molecule has 1 unspecified atom stereocenters. The molecule has 0 aliphatic heterocycles. The number of nitrogens with one attached hydrogen (secondary N) is 2. The summed E-state index contributed by atoms with van der Waals surface area (Å²) >= 11 is 0. The molecule has 1 atom stereocenters. The largest absolute Gasteiger partial charge is 0.508 e. The smallest absolute Gasteiger partial charge is 0.269 e. The predicted octanol–water partition coefficient (Wildman–Crippen LogP) is 2.55. The summed E-state index contributed by atoms with van der Waals surface area (Å²) in [6.45, 7) is 0.464. The van der Waals surface area contributed by atoms with Crippen LogP contribution in [0.1, 0.15) is 17.5 Å². The third kappa shape index (κ3) is 5.82. The first kappa shape index (κ1) is 19.4. The first-order chi connectivity index (χ1) is 13.6. The third-order valence-corrected chi connectivity index (χ3v) is 4.19. The Hall–Kier alpha value is -3.38. The second kappa shape index (κ2) is 9.53. The number of carbonyl (C=O) groups excluding carboxylic acids is 2. The van der Waals surface area contributed by atoms with Gasteiger partial charge >= 0.3 is 0 Å². The maximum Gasteiger partial charge on any atom is 0.269 e.